The molecule has 5 heteroatoms. The summed E-state index contributed by atoms with van der Waals surface area (Å²) in [5, 5.41) is 12.8. The van der Waals surface area contributed by atoms with Crippen molar-refractivity contribution in [2.45, 2.75) is 17.9 Å². The third-order valence-electron chi connectivity index (χ3n) is 7.18. The molecular weight excluding hydrogens is 468 g/mol. The molecule has 2 atom stereocenters. The van der Waals surface area contributed by atoms with Crippen molar-refractivity contribution in [1.82, 2.24) is 9.88 Å². The van der Waals surface area contributed by atoms with Gasteiger partial charge in [-0.3, -0.25) is 4.90 Å². The minimum atomic E-state index is -0.809. The van der Waals surface area contributed by atoms with Crippen molar-refractivity contribution in [3.63, 3.8) is 0 Å². The normalized spacial score (nSPS) is 20.2. The summed E-state index contributed by atoms with van der Waals surface area (Å²) in [6.07, 6.45) is 2.66. The smallest absolute Gasteiger partial charge is 0.215 e. The van der Waals surface area contributed by atoms with Gasteiger partial charge in [0, 0.05) is 34.0 Å². The van der Waals surface area contributed by atoms with Gasteiger partial charge in [-0.1, -0.05) is 77.7 Å². The molecule has 0 amide bonds. The lowest BCUT2D eigenvalue weighted by atomic mass is 9.68. The van der Waals surface area contributed by atoms with Crippen molar-refractivity contribution < 1.29 is 9.84 Å². The zero-order valence-electron chi connectivity index (χ0n) is 19.9. The van der Waals surface area contributed by atoms with E-state index >= 15 is 0 Å². The molecule has 6 rings (SSSR count). The molecule has 1 N–H and O–H groups in total. The Morgan fingerprint density at radius 2 is 1.86 bits per heavy atom. The first-order valence-electron chi connectivity index (χ1n) is 12.0. The second kappa shape index (κ2) is 9.11. The zero-order chi connectivity index (χ0) is 24.7. The van der Waals surface area contributed by atoms with Crippen LogP contribution in [-0.2, 0) is 4.74 Å². The number of nitrogens with zero attached hydrogens (tertiary/aromatic N) is 2. The summed E-state index contributed by atoms with van der Waals surface area (Å²) < 4.78 is 6.84. The van der Waals surface area contributed by atoms with E-state index in [2.05, 4.69) is 52.7 Å². The van der Waals surface area contributed by atoms with Gasteiger partial charge in [-0.25, -0.2) is 4.98 Å². The molecule has 2 heterocycles. The van der Waals surface area contributed by atoms with E-state index in [1.165, 1.54) is 0 Å². The number of hydrogen-bond donors (Lipinski definition) is 1. The molecule has 4 nitrogen and oxygen atoms in total. The van der Waals surface area contributed by atoms with Crippen LogP contribution in [0.25, 0.3) is 22.6 Å². The Morgan fingerprint density at radius 1 is 1.06 bits per heavy atom. The van der Waals surface area contributed by atoms with Gasteiger partial charge in [-0.05, 0) is 60.5 Å². The Morgan fingerprint density at radius 3 is 2.67 bits per heavy atom. The molecule has 0 saturated carbocycles. The first-order chi connectivity index (χ1) is 17.5. The maximum Gasteiger partial charge on any atom is 0.215 e. The number of fused-ring (bicyclic) bond motifs is 2. The summed E-state index contributed by atoms with van der Waals surface area (Å²) in [4.78, 5) is 6.73. The van der Waals surface area contributed by atoms with Crippen LogP contribution in [0.4, 0.5) is 0 Å². The van der Waals surface area contributed by atoms with Crippen LogP contribution in [0.2, 0.25) is 5.02 Å². The van der Waals surface area contributed by atoms with Gasteiger partial charge in [0.1, 0.15) is 12.3 Å². The Bertz CT molecular complexity index is 1560. The molecule has 1 fully saturated rings. The van der Waals surface area contributed by atoms with Gasteiger partial charge in [0.25, 0.3) is 0 Å². The van der Waals surface area contributed by atoms with Gasteiger partial charge >= 0.3 is 0 Å². The predicted octanol–water partition coefficient (Wildman–Crippen LogP) is 6.64. The van der Waals surface area contributed by atoms with Crippen LogP contribution in [0, 0.1) is 0 Å². The highest BCUT2D eigenvalue weighted by atomic mass is 35.5. The van der Waals surface area contributed by atoms with E-state index < -0.39 is 5.60 Å². The molecule has 0 spiro atoms. The highest BCUT2D eigenvalue weighted by Gasteiger charge is 2.49. The fourth-order valence-electron chi connectivity index (χ4n) is 5.44. The largest absolute Gasteiger partial charge is 0.493 e. The number of halogens is 1. The third kappa shape index (κ3) is 3.86. The van der Waals surface area contributed by atoms with Gasteiger partial charge < -0.3 is 9.84 Å². The summed E-state index contributed by atoms with van der Waals surface area (Å²) in [6, 6.07) is 26.0. The summed E-state index contributed by atoms with van der Waals surface area (Å²) in [6.45, 7) is 1.28. The second-order valence-electron chi connectivity index (χ2n) is 9.45. The lowest BCUT2D eigenvalue weighted by molar-refractivity contribution is -0.105. The van der Waals surface area contributed by atoms with E-state index in [-0.39, 0.29) is 11.8 Å². The van der Waals surface area contributed by atoms with Crippen molar-refractivity contribution in [2.75, 3.05) is 20.3 Å². The van der Waals surface area contributed by atoms with E-state index in [0.717, 1.165) is 34.2 Å². The Hall–Kier alpha value is -3.62. The van der Waals surface area contributed by atoms with Crippen molar-refractivity contribution in [1.29, 1.82) is 0 Å². The number of pyridine rings is 1. The van der Waals surface area contributed by atoms with E-state index in [1.807, 2.05) is 54.6 Å². The number of ether oxygens (including phenoxy) is 1. The minimum Gasteiger partial charge on any atom is -0.493 e. The molecule has 36 heavy (non-hydrogen) atoms. The van der Waals surface area contributed by atoms with Crippen LogP contribution in [0.3, 0.4) is 0 Å². The van der Waals surface area contributed by atoms with Crippen molar-refractivity contribution in [3.8, 4) is 5.88 Å². The second-order valence-corrected chi connectivity index (χ2v) is 9.89. The Balaban J connectivity index is 1.65. The molecule has 0 bridgehead atoms. The van der Waals surface area contributed by atoms with Crippen molar-refractivity contribution >= 4 is 34.2 Å². The molecule has 1 saturated heterocycles. The number of aromatic nitrogens is 1. The van der Waals surface area contributed by atoms with Crippen LogP contribution >= 0.6 is 11.6 Å². The number of rotatable bonds is 4. The van der Waals surface area contributed by atoms with Crippen LogP contribution in [0.5, 0.6) is 5.88 Å². The standard InChI is InChI=1S/C31H25ClN2O2/c1-34-17-16-31(36-20-34,27-13-7-11-21-8-5-6-12-25(21)27)29(22-9-3-2-4-10-22)26-19-23-18-24(32)14-15-28(23)33-30(26)35/h2-6,8-12,14-15,18-19,29H,16-17,20H2,1H3,(H,33,35). The fourth-order valence-corrected chi connectivity index (χ4v) is 5.62. The molecule has 4 aromatic rings. The van der Waals surface area contributed by atoms with E-state index in [0.29, 0.717) is 29.3 Å². The molecule has 1 aromatic heterocycles. The maximum absolute atomic E-state index is 11.3. The van der Waals surface area contributed by atoms with Gasteiger partial charge in [0.15, 0.2) is 0 Å². The highest BCUT2D eigenvalue weighted by molar-refractivity contribution is 6.31. The third-order valence-corrected chi connectivity index (χ3v) is 7.42. The number of benzene rings is 3. The van der Waals surface area contributed by atoms with Gasteiger partial charge in [-0.15, -0.1) is 0 Å². The Kier molecular flexibility index (Phi) is 5.78. The van der Waals surface area contributed by atoms with E-state index in [1.54, 1.807) is 6.07 Å². The molecule has 178 valence electrons. The SMILES string of the molecule is CN1CCC(C2=C=C=Cc3ccccc32)(C(c2ccccc2)c2cc3cc(Cl)ccc3nc2O)OC1. The molecule has 1 aliphatic carbocycles. The van der Waals surface area contributed by atoms with Gasteiger partial charge in [0.05, 0.1) is 5.52 Å². The molecule has 0 radical (unpaired) electrons. The molecule has 2 aliphatic rings. The maximum atomic E-state index is 11.3. The summed E-state index contributed by atoms with van der Waals surface area (Å²) >= 11 is 6.33. The first-order valence-corrected chi connectivity index (χ1v) is 12.4. The van der Waals surface area contributed by atoms with Crippen molar-refractivity contribution in [2.24, 2.45) is 0 Å². The first kappa shape index (κ1) is 22.8. The van der Waals surface area contributed by atoms with Gasteiger partial charge in [-0.2, -0.15) is 0 Å². The van der Waals surface area contributed by atoms with Crippen LogP contribution in [0.1, 0.15) is 34.6 Å². The average molecular weight is 493 g/mol. The van der Waals surface area contributed by atoms with Gasteiger partial charge in [0.2, 0.25) is 5.88 Å². The molecule has 2 unspecified atom stereocenters. The highest BCUT2D eigenvalue weighted by Crippen LogP contribution is 2.51. The quantitative estimate of drug-likeness (QED) is 0.324. The number of aromatic hydroxyl groups is 1. The van der Waals surface area contributed by atoms with Crippen LogP contribution < -0.4 is 0 Å². The molecule has 1 aliphatic heterocycles. The zero-order valence-corrected chi connectivity index (χ0v) is 20.7. The summed E-state index contributed by atoms with van der Waals surface area (Å²) in [5.41, 5.74) is 11.4. The predicted molar refractivity (Wildman–Crippen MR) is 144 cm³/mol. The summed E-state index contributed by atoms with van der Waals surface area (Å²) in [7, 11) is 2.05. The molecule has 3 aromatic carbocycles. The minimum absolute atomic E-state index is 0.00945. The number of hydrogen-bond acceptors (Lipinski definition) is 4. The Labute approximate surface area is 215 Å². The lowest BCUT2D eigenvalue weighted by Gasteiger charge is -2.47. The van der Waals surface area contributed by atoms with Crippen molar-refractivity contribution in [3.05, 3.63) is 118 Å². The fraction of sp³-hybridized carbons (Fsp3) is 0.194. The van der Waals surface area contributed by atoms with E-state index in [9.17, 15) is 5.11 Å². The van der Waals surface area contributed by atoms with Crippen LogP contribution in [0.15, 0.2) is 90.3 Å². The monoisotopic (exact) mass is 492 g/mol. The van der Waals surface area contributed by atoms with E-state index in [4.69, 9.17) is 16.3 Å². The lowest BCUT2D eigenvalue weighted by Crippen LogP contribution is -2.50. The summed E-state index contributed by atoms with van der Waals surface area (Å²) in [5.74, 6) is -0.358. The van der Waals surface area contributed by atoms with Crippen LogP contribution in [-0.4, -0.2) is 40.9 Å². The topological polar surface area (TPSA) is 45.6 Å². The molecular formula is C31H25ClN2O2. The average Bonchev–Trinajstić information content (AvgIpc) is 2.91.